The Morgan fingerprint density at radius 2 is 1.75 bits per heavy atom. The number of piperazine rings is 2. The maximum absolute atomic E-state index is 12.3. The molecule has 28 heavy (non-hydrogen) atoms. The molecule has 0 aliphatic carbocycles. The second-order valence-corrected chi connectivity index (χ2v) is 8.81. The summed E-state index contributed by atoms with van der Waals surface area (Å²) in [7, 11) is 0. The van der Waals surface area contributed by atoms with Crippen molar-refractivity contribution in [1.29, 1.82) is 0 Å². The van der Waals surface area contributed by atoms with Crippen LogP contribution in [0.3, 0.4) is 0 Å². The van der Waals surface area contributed by atoms with Crippen molar-refractivity contribution in [2.75, 3.05) is 63.0 Å². The van der Waals surface area contributed by atoms with E-state index in [-0.39, 0.29) is 6.09 Å². The lowest BCUT2D eigenvalue weighted by molar-refractivity contribution is 0.0240. The summed E-state index contributed by atoms with van der Waals surface area (Å²) in [6.07, 6.45) is -0.226. The maximum atomic E-state index is 12.3. The Morgan fingerprint density at radius 1 is 1.11 bits per heavy atom. The third-order valence-electron chi connectivity index (χ3n) is 5.37. The summed E-state index contributed by atoms with van der Waals surface area (Å²) < 4.78 is 5.50. The number of nitrogens with one attached hydrogen (secondary N) is 1. The minimum Gasteiger partial charge on any atom is -0.444 e. The van der Waals surface area contributed by atoms with E-state index in [1.165, 1.54) is 11.3 Å². The van der Waals surface area contributed by atoms with Crippen LogP contribution < -0.4 is 16.0 Å². The molecular formula is C21H35N5O2. The predicted molar refractivity (Wildman–Crippen MR) is 114 cm³/mol. The molecular weight excluding hydrogens is 354 g/mol. The normalized spacial score (nSPS) is 19.0. The highest BCUT2D eigenvalue weighted by atomic mass is 16.6. The minimum absolute atomic E-state index is 0.226. The summed E-state index contributed by atoms with van der Waals surface area (Å²) in [4.78, 5) is 18.9. The average Bonchev–Trinajstić information content (AvgIpc) is 2.64. The van der Waals surface area contributed by atoms with Crippen LogP contribution in [0.1, 0.15) is 31.9 Å². The van der Waals surface area contributed by atoms with Gasteiger partial charge in [0.25, 0.3) is 0 Å². The fourth-order valence-electron chi connectivity index (χ4n) is 3.79. The molecule has 2 saturated heterocycles. The molecule has 1 aromatic rings. The number of carbonyl (C=O) groups excluding carboxylic acids is 1. The van der Waals surface area contributed by atoms with Gasteiger partial charge in [-0.2, -0.15) is 0 Å². The molecule has 1 aromatic carbocycles. The molecule has 2 aliphatic rings. The molecule has 1 amide bonds. The zero-order valence-corrected chi connectivity index (χ0v) is 17.8. The lowest BCUT2D eigenvalue weighted by Gasteiger charge is -2.38. The smallest absolute Gasteiger partial charge is 0.410 e. The van der Waals surface area contributed by atoms with Gasteiger partial charge in [0.15, 0.2) is 0 Å². The number of nitrogens with two attached hydrogens (primary N) is 1. The molecule has 0 radical (unpaired) electrons. The minimum atomic E-state index is -0.461. The molecule has 156 valence electrons. The van der Waals surface area contributed by atoms with E-state index in [2.05, 4.69) is 34.2 Å². The fourth-order valence-corrected chi connectivity index (χ4v) is 3.79. The van der Waals surface area contributed by atoms with Crippen molar-refractivity contribution in [3.8, 4) is 0 Å². The van der Waals surface area contributed by atoms with Crippen molar-refractivity contribution in [2.24, 2.45) is 0 Å². The van der Waals surface area contributed by atoms with E-state index in [1.807, 2.05) is 20.8 Å². The Kier molecular flexibility index (Phi) is 6.35. The zero-order chi connectivity index (χ0) is 20.3. The first kappa shape index (κ1) is 20.7. The Bertz CT molecular complexity index is 687. The number of benzene rings is 1. The first-order valence-corrected chi connectivity index (χ1v) is 10.3. The Balaban J connectivity index is 1.65. The van der Waals surface area contributed by atoms with Crippen LogP contribution >= 0.6 is 0 Å². The molecule has 0 aromatic heterocycles. The van der Waals surface area contributed by atoms with Crippen LogP contribution in [0.5, 0.6) is 0 Å². The first-order valence-electron chi connectivity index (χ1n) is 10.3. The number of amides is 1. The number of carbonyl (C=O) groups is 1. The monoisotopic (exact) mass is 389 g/mol. The molecule has 3 rings (SSSR count). The van der Waals surface area contributed by atoms with Gasteiger partial charge < -0.3 is 25.6 Å². The quantitative estimate of drug-likeness (QED) is 0.771. The fraction of sp³-hybridized carbons (Fsp3) is 0.667. The summed E-state index contributed by atoms with van der Waals surface area (Å²) in [5.74, 6) is 0. The van der Waals surface area contributed by atoms with Crippen LogP contribution in [0.15, 0.2) is 12.1 Å². The molecule has 0 spiro atoms. The predicted octanol–water partition coefficient (Wildman–Crippen LogP) is 2.04. The highest BCUT2D eigenvalue weighted by Crippen LogP contribution is 2.29. The molecule has 0 bridgehead atoms. The van der Waals surface area contributed by atoms with Crippen molar-refractivity contribution < 1.29 is 9.53 Å². The first-order chi connectivity index (χ1) is 13.2. The topological polar surface area (TPSA) is 74.1 Å². The second-order valence-electron chi connectivity index (χ2n) is 8.81. The summed E-state index contributed by atoms with van der Waals surface area (Å²) >= 11 is 0. The van der Waals surface area contributed by atoms with E-state index in [9.17, 15) is 4.79 Å². The Hall–Kier alpha value is -1.99. The number of rotatable bonds is 3. The molecule has 7 heteroatoms. The molecule has 0 saturated carbocycles. The van der Waals surface area contributed by atoms with E-state index in [4.69, 9.17) is 10.5 Å². The van der Waals surface area contributed by atoms with E-state index in [0.29, 0.717) is 13.1 Å². The van der Waals surface area contributed by atoms with Crippen molar-refractivity contribution >= 4 is 17.5 Å². The van der Waals surface area contributed by atoms with Gasteiger partial charge in [-0.05, 0) is 51.0 Å². The van der Waals surface area contributed by atoms with Crippen molar-refractivity contribution in [3.05, 3.63) is 23.3 Å². The third kappa shape index (κ3) is 5.29. The average molecular weight is 390 g/mol. The number of nitrogen functional groups attached to an aromatic ring is 1. The zero-order valence-electron chi connectivity index (χ0n) is 17.8. The van der Waals surface area contributed by atoms with Gasteiger partial charge >= 0.3 is 6.09 Å². The molecule has 0 unspecified atom stereocenters. The van der Waals surface area contributed by atoms with Gasteiger partial charge in [-0.3, -0.25) is 4.90 Å². The molecule has 3 N–H and O–H groups in total. The number of ether oxygens (including phenoxy) is 1. The van der Waals surface area contributed by atoms with Crippen LogP contribution in [0.2, 0.25) is 0 Å². The molecule has 0 atom stereocenters. The summed E-state index contributed by atoms with van der Waals surface area (Å²) in [6, 6.07) is 4.38. The third-order valence-corrected chi connectivity index (χ3v) is 5.37. The lowest BCUT2D eigenvalue weighted by Crippen LogP contribution is -2.50. The van der Waals surface area contributed by atoms with Crippen molar-refractivity contribution in [2.45, 2.75) is 39.8 Å². The van der Waals surface area contributed by atoms with Gasteiger partial charge in [0.1, 0.15) is 5.60 Å². The standard InChI is InChI=1S/C21H35N5O2/c1-16-18(22)13-17(15-24-7-5-23-6-8-24)14-19(16)25-9-11-26(12-10-25)20(27)28-21(2,3)4/h13-14,23H,5-12,15,22H2,1-4H3. The van der Waals surface area contributed by atoms with Crippen LogP contribution in [0, 0.1) is 6.92 Å². The van der Waals surface area contributed by atoms with Crippen molar-refractivity contribution in [1.82, 2.24) is 15.1 Å². The van der Waals surface area contributed by atoms with Crippen molar-refractivity contribution in [3.63, 3.8) is 0 Å². The number of anilines is 2. The van der Waals surface area contributed by atoms with E-state index < -0.39 is 5.60 Å². The Labute approximate surface area is 168 Å². The van der Waals surface area contributed by atoms with Gasteiger partial charge in [0, 0.05) is 70.3 Å². The van der Waals surface area contributed by atoms with Crippen LogP contribution in [-0.2, 0) is 11.3 Å². The second kappa shape index (κ2) is 8.57. The summed E-state index contributed by atoms with van der Waals surface area (Å²) in [5.41, 5.74) is 10.3. The van der Waals surface area contributed by atoms with Crippen LogP contribution in [0.25, 0.3) is 0 Å². The van der Waals surface area contributed by atoms with Gasteiger partial charge in [-0.25, -0.2) is 4.79 Å². The summed E-state index contributed by atoms with van der Waals surface area (Å²) in [6.45, 7) is 15.8. The molecule has 7 nitrogen and oxygen atoms in total. The highest BCUT2D eigenvalue weighted by Gasteiger charge is 2.27. The summed E-state index contributed by atoms with van der Waals surface area (Å²) in [5, 5.41) is 3.39. The van der Waals surface area contributed by atoms with Gasteiger partial charge in [-0.1, -0.05) is 0 Å². The molecule has 2 heterocycles. The molecule has 2 aliphatic heterocycles. The van der Waals surface area contributed by atoms with E-state index in [0.717, 1.165) is 57.1 Å². The lowest BCUT2D eigenvalue weighted by atomic mass is 10.0. The number of hydrogen-bond donors (Lipinski definition) is 2. The van der Waals surface area contributed by atoms with E-state index in [1.54, 1.807) is 4.90 Å². The maximum Gasteiger partial charge on any atom is 0.410 e. The van der Waals surface area contributed by atoms with Gasteiger partial charge in [0.05, 0.1) is 0 Å². The van der Waals surface area contributed by atoms with E-state index >= 15 is 0 Å². The number of hydrogen-bond acceptors (Lipinski definition) is 6. The number of nitrogens with zero attached hydrogens (tertiary/aromatic N) is 3. The van der Waals surface area contributed by atoms with Gasteiger partial charge in [-0.15, -0.1) is 0 Å². The largest absolute Gasteiger partial charge is 0.444 e. The molecule has 2 fully saturated rings. The van der Waals surface area contributed by atoms with Crippen LogP contribution in [-0.4, -0.2) is 73.9 Å². The highest BCUT2D eigenvalue weighted by molar-refractivity contribution is 5.70. The van der Waals surface area contributed by atoms with Gasteiger partial charge in [0.2, 0.25) is 0 Å². The Morgan fingerprint density at radius 3 is 2.36 bits per heavy atom. The van der Waals surface area contributed by atoms with Crippen LogP contribution in [0.4, 0.5) is 16.2 Å². The SMILES string of the molecule is Cc1c(N)cc(CN2CCNCC2)cc1N1CCN(C(=O)OC(C)(C)C)CC1.